The van der Waals surface area contributed by atoms with Gasteiger partial charge in [0.25, 0.3) is 0 Å². The summed E-state index contributed by atoms with van der Waals surface area (Å²) in [5.41, 5.74) is 0. The van der Waals surface area contributed by atoms with Crippen LogP contribution in [0.25, 0.3) is 0 Å². The lowest BCUT2D eigenvalue weighted by Crippen LogP contribution is -1.43. The van der Waals surface area contributed by atoms with Gasteiger partial charge in [-0.15, -0.1) is 0 Å². The van der Waals surface area contributed by atoms with Gasteiger partial charge < -0.3 is 0 Å². The van der Waals surface area contributed by atoms with E-state index < -0.39 is 34.9 Å². The van der Waals surface area contributed by atoms with E-state index in [0.717, 1.165) is 0 Å². The highest BCUT2D eigenvalue weighted by Crippen LogP contribution is 3.17. The second kappa shape index (κ2) is 10.7. The maximum atomic E-state index is 4.63. The third kappa shape index (κ3) is 7.71. The zero-order valence-corrected chi connectivity index (χ0v) is 19.1. The van der Waals surface area contributed by atoms with Gasteiger partial charge in [0.05, 0.1) is 0 Å². The Morgan fingerprint density at radius 1 is 0.571 bits per heavy atom. The first-order chi connectivity index (χ1) is 6.29. The molecule has 0 aromatic carbocycles. The fourth-order valence-electron chi connectivity index (χ4n) is 0.295. The fourth-order valence-corrected chi connectivity index (χ4v) is 71.6. The summed E-state index contributed by atoms with van der Waals surface area (Å²) in [7, 11) is 34.2. The molecule has 0 N–H and O–H groups in total. The molecule has 0 bridgehead atoms. The molecule has 14 heavy (non-hydrogen) atoms. The van der Waals surface area contributed by atoms with Gasteiger partial charge in [0.15, 0.2) is 0 Å². The first-order valence-electron chi connectivity index (χ1n) is 2.65. The van der Waals surface area contributed by atoms with Crippen molar-refractivity contribution in [2.24, 2.45) is 0 Å². The second-order valence-electron chi connectivity index (χ2n) is 1.65. The van der Waals surface area contributed by atoms with Crippen LogP contribution >= 0.6 is 113 Å². The molecule has 0 aliphatic carbocycles. The summed E-state index contributed by atoms with van der Waals surface area (Å²) >= 11 is 0. The van der Waals surface area contributed by atoms with Crippen LogP contribution in [0.5, 0.6) is 0 Å². The third-order valence-electron chi connectivity index (χ3n) is 0.819. The van der Waals surface area contributed by atoms with E-state index in [2.05, 4.69) is 71.4 Å². The van der Waals surface area contributed by atoms with E-state index >= 15 is 0 Å². The first kappa shape index (κ1) is 20.0. The van der Waals surface area contributed by atoms with Gasteiger partial charge in [0, 0.05) is 0 Å². The normalized spacial score (nSPS) is 21.0. The zero-order chi connectivity index (χ0) is 11.5. The predicted molar refractivity (Wildman–Crippen MR) is 99.7 cm³/mol. The van der Waals surface area contributed by atoms with E-state index in [1.807, 2.05) is 0 Å². The van der Waals surface area contributed by atoms with Crippen LogP contribution in [-0.4, -0.2) is 0 Å². The van der Waals surface area contributed by atoms with Gasteiger partial charge in [0.2, 0.25) is 0 Å². The maximum Gasteiger partial charge on any atom is -0.0000000000000322 e. The SMILES string of the molecule is [P]P([P])P([P])P([P])P([P])P([P])P([PH])[PH]. The van der Waals surface area contributed by atoms with Gasteiger partial charge in [-0.3, -0.25) is 0 Å². The molecule has 0 saturated carbocycles. The van der Waals surface area contributed by atoms with Crippen molar-refractivity contribution in [1.29, 1.82) is 0 Å². The summed E-state index contributed by atoms with van der Waals surface area (Å²) < 4.78 is 0. The lowest BCUT2D eigenvalue weighted by molar-refractivity contribution is 4.62. The molecule has 0 fully saturated rings. The zero-order valence-electron chi connectivity index (χ0n) is 6.37. The number of rotatable bonds is 5. The van der Waals surface area contributed by atoms with E-state index in [0.29, 0.717) is 0 Å². The Kier molecular flexibility index (Phi) is 15.3. The maximum absolute atomic E-state index is 4.63. The average Bonchev–Trinajstić information content (AvgIpc) is 2.12. The Morgan fingerprint density at radius 2 is 0.929 bits per heavy atom. The van der Waals surface area contributed by atoms with Crippen molar-refractivity contribution in [1.82, 2.24) is 0 Å². The lowest BCUT2D eigenvalue weighted by atomic mass is 28.7. The molecule has 0 aliphatic heterocycles. The number of hydrogen-bond donors (Lipinski definition) is 0. The molecule has 0 saturated heterocycles. The van der Waals surface area contributed by atoms with Crippen LogP contribution in [0.3, 0.4) is 0 Å². The largest absolute Gasteiger partial charge is 0.0587 e. The summed E-state index contributed by atoms with van der Waals surface area (Å²) in [5.74, 6) is 0. The van der Waals surface area contributed by atoms with Crippen LogP contribution in [0.4, 0.5) is 0 Å². The van der Waals surface area contributed by atoms with Crippen molar-refractivity contribution in [2.75, 3.05) is 0 Å². The first-order valence-corrected chi connectivity index (χ1v) is 23.8. The molecule has 14 radical (unpaired) electrons. The standard InChI is InChI=1S/H2P14/c1-9(2)11(5)13(7)14(8)12(6)10(3)4/h1-2H. The van der Waals surface area contributed by atoms with E-state index in [1.165, 1.54) is 0 Å². The molecular formula is H2P14. The summed E-state index contributed by atoms with van der Waals surface area (Å²) in [6.07, 6.45) is 0. The monoisotopic (exact) mass is 436 g/mol. The Morgan fingerprint density at radius 3 is 1.21 bits per heavy atom. The molecule has 0 amide bonds. The van der Waals surface area contributed by atoms with Crippen LogP contribution in [0.2, 0.25) is 0 Å². The summed E-state index contributed by atoms with van der Waals surface area (Å²) in [4.78, 5) is 0. The Hall–Kier alpha value is 6.02. The Balaban J connectivity index is 4.30. The summed E-state index contributed by atoms with van der Waals surface area (Å²) in [6, 6.07) is 0. The van der Waals surface area contributed by atoms with Crippen LogP contribution in [0.1, 0.15) is 0 Å². The summed E-state index contributed by atoms with van der Waals surface area (Å²) in [5, 5.41) is 0. The molecule has 4 unspecified atom stereocenters. The molecule has 0 aliphatic rings. The van der Waals surface area contributed by atoms with E-state index in [9.17, 15) is 0 Å². The van der Waals surface area contributed by atoms with Gasteiger partial charge in [-0.2, -0.15) is 0 Å². The molecule has 4 atom stereocenters. The van der Waals surface area contributed by atoms with Crippen LogP contribution in [-0.2, 0) is 0 Å². The van der Waals surface area contributed by atoms with Gasteiger partial charge in [0.1, 0.15) is 0 Å². The van der Waals surface area contributed by atoms with Gasteiger partial charge in [-0.05, 0) is 95.5 Å². The second-order valence-corrected chi connectivity index (χ2v) is 44.6. The fraction of sp³-hybridized carbons (Fsp3) is 0. The highest BCUT2D eigenvalue weighted by molar-refractivity contribution is 9.22. The lowest BCUT2D eigenvalue weighted by Gasteiger charge is -2.30. The van der Waals surface area contributed by atoms with Crippen molar-refractivity contribution in [2.45, 2.75) is 0 Å². The van der Waals surface area contributed by atoms with Crippen LogP contribution in [0.15, 0.2) is 0 Å². The van der Waals surface area contributed by atoms with Crippen LogP contribution in [0, 0.1) is 0 Å². The van der Waals surface area contributed by atoms with Crippen molar-refractivity contribution in [3.05, 3.63) is 0 Å². The molecule has 0 heterocycles. The molecule has 0 spiro atoms. The summed E-state index contributed by atoms with van der Waals surface area (Å²) in [6.45, 7) is -2.82. The molecule has 0 aromatic heterocycles. The van der Waals surface area contributed by atoms with Crippen molar-refractivity contribution >= 4 is 113 Å². The molecule has 0 nitrogen and oxygen atoms in total. The molecular weight excluding hydrogens is 434 g/mol. The van der Waals surface area contributed by atoms with Gasteiger partial charge in [-0.1, -0.05) is 17.9 Å². The average molecular weight is 436 g/mol. The Labute approximate surface area is 113 Å². The Bertz CT molecular complexity index is 128. The van der Waals surface area contributed by atoms with E-state index in [4.69, 9.17) is 0 Å². The smallest absolute Gasteiger partial charge is 0.0000000000000322 e. The highest BCUT2D eigenvalue weighted by atomic mass is 33.3. The molecule has 0 rings (SSSR count). The quantitative estimate of drug-likeness (QED) is 0.377. The highest BCUT2D eigenvalue weighted by Gasteiger charge is 2.30. The third-order valence-corrected chi connectivity index (χ3v) is 66.3. The minimum Gasteiger partial charge on any atom is -0.0587 e. The van der Waals surface area contributed by atoms with E-state index in [1.54, 1.807) is 0 Å². The van der Waals surface area contributed by atoms with Gasteiger partial charge >= 0.3 is 0 Å². The molecule has 14 heteroatoms. The van der Waals surface area contributed by atoms with Crippen molar-refractivity contribution in [3.63, 3.8) is 0 Å². The molecule has 0 aromatic rings. The van der Waals surface area contributed by atoms with Gasteiger partial charge in [-0.25, -0.2) is 0 Å². The van der Waals surface area contributed by atoms with Crippen molar-refractivity contribution < 1.29 is 0 Å². The minimum absolute atomic E-state index is 0.384. The predicted octanol–water partition coefficient (Wildman–Crippen LogP) is 11.5. The van der Waals surface area contributed by atoms with Crippen molar-refractivity contribution in [3.8, 4) is 0 Å². The topological polar surface area (TPSA) is 0 Å². The van der Waals surface area contributed by atoms with E-state index in [-0.39, 0.29) is 6.99 Å². The van der Waals surface area contributed by atoms with Crippen LogP contribution < -0.4 is 0 Å². The number of hydrogen-bond acceptors (Lipinski definition) is 0. The molecule has 72 valence electrons. The minimum atomic E-state index is -0.588.